The van der Waals surface area contributed by atoms with Crippen molar-refractivity contribution in [3.63, 3.8) is 0 Å². The van der Waals surface area contributed by atoms with E-state index in [1.165, 1.54) is 12.1 Å². The average Bonchev–Trinajstić information content (AvgIpc) is 2.47. The van der Waals surface area contributed by atoms with Gasteiger partial charge in [-0.15, -0.1) is 0 Å². The third-order valence-electron chi connectivity index (χ3n) is 2.71. The summed E-state index contributed by atoms with van der Waals surface area (Å²) in [7, 11) is -3.91. The van der Waals surface area contributed by atoms with E-state index in [0.29, 0.717) is 6.42 Å². The third kappa shape index (κ3) is 4.28. The van der Waals surface area contributed by atoms with E-state index in [2.05, 4.69) is 0 Å². The zero-order chi connectivity index (χ0) is 15.9. The van der Waals surface area contributed by atoms with Gasteiger partial charge in [0.1, 0.15) is 12.6 Å². The molecule has 0 radical (unpaired) electrons. The van der Waals surface area contributed by atoms with E-state index < -0.39 is 16.0 Å². The van der Waals surface area contributed by atoms with Gasteiger partial charge in [0.15, 0.2) is 0 Å². The maximum Gasteiger partial charge on any atom is 0.321 e. The van der Waals surface area contributed by atoms with Gasteiger partial charge in [0.2, 0.25) is 10.0 Å². The highest BCUT2D eigenvalue weighted by Gasteiger charge is 2.28. The van der Waals surface area contributed by atoms with Crippen LogP contribution in [0.2, 0.25) is 0 Å². The van der Waals surface area contributed by atoms with Crippen molar-refractivity contribution in [2.45, 2.75) is 25.2 Å². The molecule has 0 fully saturated rings. The van der Waals surface area contributed by atoms with Crippen LogP contribution in [-0.2, 0) is 19.6 Å². The summed E-state index contributed by atoms with van der Waals surface area (Å²) in [6.45, 7) is 3.48. The van der Waals surface area contributed by atoms with Crippen LogP contribution in [0.3, 0.4) is 0 Å². The minimum Gasteiger partial charge on any atom is -0.465 e. The molecular weight excluding hydrogens is 292 g/mol. The molecule has 6 nitrogen and oxygen atoms in total. The Bertz CT molecular complexity index is 635. The zero-order valence-electron chi connectivity index (χ0n) is 12.1. The minimum atomic E-state index is -3.91. The van der Waals surface area contributed by atoms with Gasteiger partial charge in [0.25, 0.3) is 0 Å². The Morgan fingerprint density at radius 1 is 1.33 bits per heavy atom. The second-order valence-corrected chi connectivity index (χ2v) is 6.16. The van der Waals surface area contributed by atoms with E-state index in [4.69, 9.17) is 10.00 Å². The van der Waals surface area contributed by atoms with Crippen LogP contribution in [0.15, 0.2) is 29.2 Å². The van der Waals surface area contributed by atoms with Crippen molar-refractivity contribution in [3.05, 3.63) is 29.8 Å². The molecule has 0 heterocycles. The van der Waals surface area contributed by atoms with Crippen LogP contribution < -0.4 is 0 Å². The number of ether oxygens (including phenoxy) is 1. The third-order valence-corrected chi connectivity index (χ3v) is 4.61. The van der Waals surface area contributed by atoms with E-state index in [1.807, 2.05) is 13.0 Å². The average molecular weight is 310 g/mol. The van der Waals surface area contributed by atoms with Crippen molar-refractivity contribution in [1.82, 2.24) is 4.31 Å². The normalized spacial score (nSPS) is 11.1. The monoisotopic (exact) mass is 310 g/mol. The van der Waals surface area contributed by atoms with Gasteiger partial charge in [-0.05, 0) is 25.5 Å². The first-order valence-corrected chi connectivity index (χ1v) is 8.06. The first-order valence-electron chi connectivity index (χ1n) is 6.62. The molecule has 1 aromatic carbocycles. The molecule has 0 amide bonds. The Hall–Kier alpha value is -1.91. The molecule has 0 aliphatic heterocycles. The van der Waals surface area contributed by atoms with Crippen molar-refractivity contribution >= 4 is 16.0 Å². The van der Waals surface area contributed by atoms with E-state index in [0.717, 1.165) is 4.31 Å². The SMILES string of the molecule is CCCN(CC(=O)OCC)S(=O)(=O)c1ccccc1C#N. The van der Waals surface area contributed by atoms with E-state index in [-0.39, 0.29) is 30.2 Å². The van der Waals surface area contributed by atoms with Gasteiger partial charge in [-0.1, -0.05) is 19.1 Å². The topological polar surface area (TPSA) is 87.5 Å². The summed E-state index contributed by atoms with van der Waals surface area (Å²) < 4.78 is 31.1. The number of carbonyl (C=O) groups excluding carboxylic acids is 1. The first kappa shape index (κ1) is 17.1. The van der Waals surface area contributed by atoms with Crippen molar-refractivity contribution in [2.75, 3.05) is 19.7 Å². The second-order valence-electron chi connectivity index (χ2n) is 4.25. The number of carbonyl (C=O) groups is 1. The Morgan fingerprint density at radius 2 is 2.00 bits per heavy atom. The highest BCUT2D eigenvalue weighted by molar-refractivity contribution is 7.89. The van der Waals surface area contributed by atoms with Gasteiger partial charge >= 0.3 is 5.97 Å². The van der Waals surface area contributed by atoms with E-state index >= 15 is 0 Å². The fourth-order valence-corrected chi connectivity index (χ4v) is 3.43. The molecule has 0 saturated carbocycles. The number of nitrogens with zero attached hydrogens (tertiary/aromatic N) is 2. The fourth-order valence-electron chi connectivity index (χ4n) is 1.81. The summed E-state index contributed by atoms with van der Waals surface area (Å²) in [5.41, 5.74) is 0.0578. The maximum atomic E-state index is 12.6. The number of rotatable bonds is 7. The van der Waals surface area contributed by atoms with Crippen LogP contribution in [0.4, 0.5) is 0 Å². The summed E-state index contributed by atoms with van der Waals surface area (Å²) >= 11 is 0. The van der Waals surface area contributed by atoms with Crippen LogP contribution in [0.25, 0.3) is 0 Å². The predicted molar refractivity (Wildman–Crippen MR) is 76.8 cm³/mol. The van der Waals surface area contributed by atoms with Crippen molar-refractivity contribution < 1.29 is 17.9 Å². The van der Waals surface area contributed by atoms with Gasteiger partial charge in [0.05, 0.1) is 17.1 Å². The Balaban J connectivity index is 3.16. The number of esters is 1. The summed E-state index contributed by atoms with van der Waals surface area (Å²) in [6, 6.07) is 7.78. The largest absolute Gasteiger partial charge is 0.465 e. The lowest BCUT2D eigenvalue weighted by Crippen LogP contribution is -2.37. The lowest BCUT2D eigenvalue weighted by Gasteiger charge is -2.21. The zero-order valence-corrected chi connectivity index (χ0v) is 12.9. The standard InChI is InChI=1S/C14H18N2O4S/c1-3-9-16(11-14(17)20-4-2)21(18,19)13-8-6-5-7-12(13)10-15/h5-8H,3-4,9,11H2,1-2H3. The molecule has 7 heteroatoms. The molecule has 0 atom stereocenters. The molecular formula is C14H18N2O4S. The van der Waals surface area contributed by atoms with Crippen LogP contribution >= 0.6 is 0 Å². The second kappa shape index (κ2) is 7.76. The molecule has 0 unspecified atom stereocenters. The molecule has 0 aliphatic carbocycles. The Kier molecular flexibility index (Phi) is 6.34. The number of nitriles is 1. The highest BCUT2D eigenvalue weighted by Crippen LogP contribution is 2.20. The van der Waals surface area contributed by atoms with E-state index in [1.54, 1.807) is 19.1 Å². The van der Waals surface area contributed by atoms with E-state index in [9.17, 15) is 13.2 Å². The molecule has 0 spiro atoms. The van der Waals surface area contributed by atoms with Gasteiger partial charge in [-0.2, -0.15) is 9.57 Å². The van der Waals surface area contributed by atoms with Crippen molar-refractivity contribution in [3.8, 4) is 6.07 Å². The Morgan fingerprint density at radius 3 is 2.57 bits per heavy atom. The molecule has 0 N–H and O–H groups in total. The van der Waals surface area contributed by atoms with Crippen molar-refractivity contribution in [1.29, 1.82) is 5.26 Å². The molecule has 114 valence electrons. The number of benzene rings is 1. The molecule has 0 bridgehead atoms. The molecule has 1 aromatic rings. The molecule has 0 saturated heterocycles. The molecule has 0 aliphatic rings. The van der Waals surface area contributed by atoms with Gasteiger partial charge < -0.3 is 4.74 Å². The predicted octanol–water partition coefficient (Wildman–Crippen LogP) is 1.52. The first-order chi connectivity index (χ1) is 9.97. The Labute approximate surface area is 125 Å². The molecule has 0 aromatic heterocycles. The fraction of sp³-hybridized carbons (Fsp3) is 0.429. The van der Waals surface area contributed by atoms with Crippen LogP contribution in [0.1, 0.15) is 25.8 Å². The maximum absolute atomic E-state index is 12.6. The van der Waals surface area contributed by atoms with Crippen molar-refractivity contribution in [2.24, 2.45) is 0 Å². The number of sulfonamides is 1. The highest BCUT2D eigenvalue weighted by atomic mass is 32.2. The smallest absolute Gasteiger partial charge is 0.321 e. The summed E-state index contributed by atoms with van der Waals surface area (Å²) in [5, 5.41) is 9.03. The van der Waals surface area contributed by atoms with Gasteiger partial charge in [-0.25, -0.2) is 8.42 Å². The van der Waals surface area contributed by atoms with Crippen LogP contribution in [-0.4, -0.2) is 38.4 Å². The number of hydrogen-bond acceptors (Lipinski definition) is 5. The summed E-state index contributed by atoms with van der Waals surface area (Å²) in [4.78, 5) is 11.5. The summed E-state index contributed by atoms with van der Waals surface area (Å²) in [6.07, 6.45) is 0.549. The molecule has 1 rings (SSSR count). The van der Waals surface area contributed by atoms with Gasteiger partial charge in [-0.3, -0.25) is 4.79 Å². The number of hydrogen-bond donors (Lipinski definition) is 0. The van der Waals surface area contributed by atoms with Crippen LogP contribution in [0, 0.1) is 11.3 Å². The quantitative estimate of drug-likeness (QED) is 0.713. The lowest BCUT2D eigenvalue weighted by molar-refractivity contribution is -0.143. The van der Waals surface area contributed by atoms with Gasteiger partial charge in [0, 0.05) is 6.54 Å². The van der Waals surface area contributed by atoms with Crippen LogP contribution in [0.5, 0.6) is 0 Å². The summed E-state index contributed by atoms with van der Waals surface area (Å²) in [5.74, 6) is -0.607. The molecule has 21 heavy (non-hydrogen) atoms. The lowest BCUT2D eigenvalue weighted by atomic mass is 10.2. The minimum absolute atomic E-state index is 0.0578.